The molecule has 16 heavy (non-hydrogen) atoms. The zero-order valence-electron chi connectivity index (χ0n) is 9.30. The number of halogens is 4. The van der Waals surface area contributed by atoms with Gasteiger partial charge in [-0.2, -0.15) is 0 Å². The quantitative estimate of drug-likeness (QED) is 0.600. The molecule has 0 fully saturated rings. The maximum absolute atomic E-state index is 4.25. The first kappa shape index (κ1) is 30.1. The van der Waals surface area contributed by atoms with Gasteiger partial charge in [0.15, 0.2) is 0 Å². The van der Waals surface area contributed by atoms with Crippen molar-refractivity contribution < 1.29 is 0 Å². The summed E-state index contributed by atoms with van der Waals surface area (Å²) in [7, 11) is 0. The van der Waals surface area contributed by atoms with Gasteiger partial charge in [-0.05, 0) is 25.0 Å². The Balaban J connectivity index is -0.0000000807. The Kier molecular flexibility index (Phi) is 39.9. The van der Waals surface area contributed by atoms with Crippen LogP contribution in [0.1, 0.15) is 31.9 Å². The van der Waals surface area contributed by atoms with Crippen molar-refractivity contribution in [1.82, 2.24) is 4.98 Å². The molecule has 0 saturated carbocycles. The minimum Gasteiger partial charge on any atom is -0.261 e. The molecule has 0 bridgehead atoms. The lowest BCUT2D eigenvalue weighted by Crippen LogP contribution is -1.87. The molecule has 0 spiro atoms. The highest BCUT2D eigenvalue weighted by Crippen LogP contribution is 2.02. The van der Waals surface area contributed by atoms with Gasteiger partial charge in [0.05, 0.1) is 0 Å². The fourth-order valence-electron chi connectivity index (χ4n) is 1.10. The predicted octanol–water partition coefficient (Wildman–Crippen LogP) is 4.12. The summed E-state index contributed by atoms with van der Waals surface area (Å²) in [5.74, 6) is 0. The summed E-state index contributed by atoms with van der Waals surface area (Å²) in [6, 6.07) is 6.10. The minimum absolute atomic E-state index is 0. The fraction of sp³-hybridized carbons (Fsp3) is 0.500. The van der Waals surface area contributed by atoms with Crippen LogP contribution in [0.4, 0.5) is 0 Å². The van der Waals surface area contributed by atoms with Gasteiger partial charge in [-0.25, -0.2) is 0 Å². The Morgan fingerprint density at radius 2 is 1.62 bits per heavy atom. The highest BCUT2D eigenvalue weighted by Gasteiger charge is 1.90. The molecule has 95 valence electrons. The maximum Gasteiger partial charge on any atom is 0.0403 e. The molecule has 0 N–H and O–H groups in total. The van der Waals surface area contributed by atoms with Gasteiger partial charge < -0.3 is 0 Å². The molecular weight excluding hydrogens is 303 g/mol. The summed E-state index contributed by atoms with van der Waals surface area (Å²) in [5.41, 5.74) is 1.22. The van der Waals surface area contributed by atoms with Gasteiger partial charge >= 0.3 is 0 Å². The van der Waals surface area contributed by atoms with Crippen molar-refractivity contribution in [2.45, 2.75) is 32.6 Å². The molecule has 0 amide bonds. The first-order valence-corrected chi connectivity index (χ1v) is 4.33. The summed E-state index contributed by atoms with van der Waals surface area (Å²) < 4.78 is 0. The van der Waals surface area contributed by atoms with Gasteiger partial charge in [0, 0.05) is 29.3 Å². The molecule has 0 atom stereocenters. The number of aryl methyl sites for hydroxylation is 1. The number of unbranched alkanes of at least 4 members (excludes halogenated alkanes) is 2. The molecule has 6 heteroatoms. The van der Waals surface area contributed by atoms with Crippen molar-refractivity contribution in [2.75, 3.05) is 0 Å². The van der Waals surface area contributed by atoms with Gasteiger partial charge in [-0.15, -0.1) is 49.6 Å². The number of nitrogens with zero attached hydrogens (tertiary/aromatic N) is 1. The standard InChI is InChI=1S/C10H15N.Al.4ClH/c1-2-3-4-7-10-8-5-6-9-11-10;;;;;/h5-6,8-9H,2-4,7H2,1H3;;4*1H. The van der Waals surface area contributed by atoms with Crippen LogP contribution >= 0.6 is 49.6 Å². The van der Waals surface area contributed by atoms with Crippen LogP contribution in [-0.4, -0.2) is 22.3 Å². The SMILES string of the molecule is CCCCCc1ccccn1.Cl.Cl.Cl.Cl.[Al]. The Labute approximate surface area is 134 Å². The van der Waals surface area contributed by atoms with E-state index in [0.717, 1.165) is 6.42 Å². The van der Waals surface area contributed by atoms with Crippen molar-refractivity contribution in [2.24, 2.45) is 0 Å². The van der Waals surface area contributed by atoms with E-state index in [2.05, 4.69) is 18.0 Å². The van der Waals surface area contributed by atoms with E-state index in [4.69, 9.17) is 0 Å². The lowest BCUT2D eigenvalue weighted by Gasteiger charge is -1.97. The number of aromatic nitrogens is 1. The second-order valence-electron chi connectivity index (χ2n) is 2.78. The van der Waals surface area contributed by atoms with Gasteiger partial charge in [0.25, 0.3) is 0 Å². The molecule has 0 aliphatic heterocycles. The van der Waals surface area contributed by atoms with Crippen LogP contribution < -0.4 is 0 Å². The lowest BCUT2D eigenvalue weighted by molar-refractivity contribution is 0.707. The molecule has 0 aliphatic carbocycles. The monoisotopic (exact) mass is 320 g/mol. The zero-order valence-corrected chi connectivity index (χ0v) is 13.7. The molecule has 1 nitrogen and oxygen atoms in total. The van der Waals surface area contributed by atoms with Gasteiger partial charge in [-0.1, -0.05) is 25.8 Å². The van der Waals surface area contributed by atoms with E-state index in [0.29, 0.717) is 0 Å². The average Bonchev–Trinajstić information content (AvgIpc) is 2.07. The lowest BCUT2D eigenvalue weighted by atomic mass is 10.1. The first-order valence-electron chi connectivity index (χ1n) is 4.33. The van der Waals surface area contributed by atoms with Gasteiger partial charge in [0.2, 0.25) is 0 Å². The van der Waals surface area contributed by atoms with E-state index in [9.17, 15) is 0 Å². The fourth-order valence-corrected chi connectivity index (χ4v) is 1.10. The van der Waals surface area contributed by atoms with E-state index >= 15 is 0 Å². The minimum atomic E-state index is 0. The van der Waals surface area contributed by atoms with E-state index in [1.807, 2.05) is 18.3 Å². The number of pyridine rings is 1. The van der Waals surface area contributed by atoms with E-state index in [1.165, 1.54) is 25.0 Å². The van der Waals surface area contributed by atoms with Crippen molar-refractivity contribution in [1.29, 1.82) is 0 Å². The summed E-state index contributed by atoms with van der Waals surface area (Å²) in [4.78, 5) is 4.25. The maximum atomic E-state index is 4.25. The third-order valence-corrected chi connectivity index (χ3v) is 1.76. The third-order valence-electron chi connectivity index (χ3n) is 1.76. The highest BCUT2D eigenvalue weighted by atomic mass is 35.5. The second kappa shape index (κ2) is 21.2. The Morgan fingerprint density at radius 1 is 1.00 bits per heavy atom. The molecule has 1 rings (SSSR count). The smallest absolute Gasteiger partial charge is 0.0403 e. The molecular formula is C10H19AlCl4N. The van der Waals surface area contributed by atoms with Crippen LogP contribution in [-0.2, 0) is 6.42 Å². The predicted molar refractivity (Wildman–Crippen MR) is 82.2 cm³/mol. The number of hydrogen-bond donors (Lipinski definition) is 0. The summed E-state index contributed by atoms with van der Waals surface area (Å²) in [6.07, 6.45) is 6.87. The van der Waals surface area contributed by atoms with Crippen molar-refractivity contribution in [3.63, 3.8) is 0 Å². The second-order valence-corrected chi connectivity index (χ2v) is 2.78. The molecule has 1 heterocycles. The molecule has 1 aromatic heterocycles. The molecule has 0 saturated heterocycles. The zero-order chi connectivity index (χ0) is 7.94. The summed E-state index contributed by atoms with van der Waals surface area (Å²) >= 11 is 0. The molecule has 0 aliphatic rings. The van der Waals surface area contributed by atoms with Crippen LogP contribution in [0, 0.1) is 0 Å². The molecule has 0 aromatic carbocycles. The van der Waals surface area contributed by atoms with E-state index < -0.39 is 0 Å². The molecule has 3 radical (unpaired) electrons. The first-order chi connectivity index (χ1) is 5.43. The Hall–Kier alpha value is 0.842. The summed E-state index contributed by atoms with van der Waals surface area (Å²) in [6.45, 7) is 2.22. The normalized spacial score (nSPS) is 6.81. The molecule has 0 unspecified atom stereocenters. The highest BCUT2D eigenvalue weighted by molar-refractivity contribution is 5.86. The van der Waals surface area contributed by atoms with Crippen LogP contribution in [0.25, 0.3) is 0 Å². The van der Waals surface area contributed by atoms with E-state index in [1.54, 1.807) is 0 Å². The van der Waals surface area contributed by atoms with Gasteiger partial charge in [-0.3, -0.25) is 4.98 Å². The van der Waals surface area contributed by atoms with Crippen LogP contribution in [0.5, 0.6) is 0 Å². The number of hydrogen-bond acceptors (Lipinski definition) is 1. The average molecular weight is 322 g/mol. The van der Waals surface area contributed by atoms with E-state index in [-0.39, 0.29) is 67.0 Å². The topological polar surface area (TPSA) is 12.9 Å². The van der Waals surface area contributed by atoms with Crippen LogP contribution in [0.2, 0.25) is 0 Å². The van der Waals surface area contributed by atoms with Crippen molar-refractivity contribution >= 4 is 67.0 Å². The summed E-state index contributed by atoms with van der Waals surface area (Å²) in [5, 5.41) is 0. The Bertz CT molecular complexity index is 199. The van der Waals surface area contributed by atoms with Crippen molar-refractivity contribution in [3.8, 4) is 0 Å². The van der Waals surface area contributed by atoms with Crippen LogP contribution in [0.15, 0.2) is 24.4 Å². The van der Waals surface area contributed by atoms with Gasteiger partial charge in [0.1, 0.15) is 0 Å². The van der Waals surface area contributed by atoms with Crippen molar-refractivity contribution in [3.05, 3.63) is 30.1 Å². The number of rotatable bonds is 4. The Morgan fingerprint density at radius 3 is 2.06 bits per heavy atom. The molecule has 1 aromatic rings. The largest absolute Gasteiger partial charge is 0.261 e. The van der Waals surface area contributed by atoms with Crippen LogP contribution in [0.3, 0.4) is 0 Å². The third kappa shape index (κ3) is 14.8.